The standard InChI is InChI=1S/C15H15ClN4O3S2/c1-3-15(2)12(22)20(13(23)18-15)19-11(21)7-24-14-17-9-6-8(16)4-5-10(9)25-14/h4-6H,3,7H2,1-2H3,(H,18,23)(H,19,21). The number of imide groups is 1. The molecule has 10 heteroatoms. The Morgan fingerprint density at radius 3 is 2.92 bits per heavy atom. The average Bonchev–Trinajstić information content (AvgIpc) is 3.07. The summed E-state index contributed by atoms with van der Waals surface area (Å²) in [5, 5.41) is 3.92. The molecular formula is C15H15ClN4O3S2. The first-order valence-electron chi connectivity index (χ1n) is 7.47. The summed E-state index contributed by atoms with van der Waals surface area (Å²) in [5.41, 5.74) is 2.14. The number of thiazole rings is 1. The predicted octanol–water partition coefficient (Wildman–Crippen LogP) is 2.79. The third-order valence-electron chi connectivity index (χ3n) is 3.86. The second-order valence-electron chi connectivity index (χ2n) is 5.67. The monoisotopic (exact) mass is 398 g/mol. The lowest BCUT2D eigenvalue weighted by molar-refractivity contribution is -0.137. The van der Waals surface area contributed by atoms with E-state index in [2.05, 4.69) is 15.7 Å². The molecule has 7 nitrogen and oxygen atoms in total. The maximum Gasteiger partial charge on any atom is 0.344 e. The zero-order chi connectivity index (χ0) is 18.2. The van der Waals surface area contributed by atoms with Crippen molar-refractivity contribution in [3.8, 4) is 0 Å². The molecule has 1 aliphatic rings. The van der Waals surface area contributed by atoms with Crippen LogP contribution in [-0.4, -0.2) is 39.1 Å². The van der Waals surface area contributed by atoms with Gasteiger partial charge in [0, 0.05) is 5.02 Å². The van der Waals surface area contributed by atoms with Crippen LogP contribution in [0.25, 0.3) is 10.2 Å². The fraction of sp³-hybridized carbons (Fsp3) is 0.333. The first-order valence-corrected chi connectivity index (χ1v) is 9.65. The van der Waals surface area contributed by atoms with Crippen LogP contribution in [0, 0.1) is 0 Å². The number of fused-ring (bicyclic) bond motifs is 1. The molecule has 1 fully saturated rings. The van der Waals surface area contributed by atoms with Gasteiger partial charge in [-0.25, -0.2) is 9.78 Å². The number of benzene rings is 1. The Balaban J connectivity index is 1.61. The molecule has 2 N–H and O–H groups in total. The third-order valence-corrected chi connectivity index (χ3v) is 6.28. The summed E-state index contributed by atoms with van der Waals surface area (Å²) in [7, 11) is 0. The minimum Gasteiger partial charge on any atom is -0.322 e. The average molecular weight is 399 g/mol. The van der Waals surface area contributed by atoms with Gasteiger partial charge in [0.25, 0.3) is 5.91 Å². The van der Waals surface area contributed by atoms with Crippen molar-refractivity contribution in [2.24, 2.45) is 0 Å². The van der Waals surface area contributed by atoms with E-state index in [1.54, 1.807) is 26.0 Å². The first kappa shape index (κ1) is 18.0. The first-order chi connectivity index (χ1) is 11.8. The zero-order valence-corrected chi connectivity index (χ0v) is 15.8. The van der Waals surface area contributed by atoms with E-state index in [0.717, 1.165) is 15.2 Å². The number of nitrogens with one attached hydrogen (secondary N) is 2. The van der Waals surface area contributed by atoms with Gasteiger partial charge in [-0.2, -0.15) is 5.01 Å². The van der Waals surface area contributed by atoms with E-state index in [1.807, 2.05) is 6.07 Å². The number of thioether (sulfide) groups is 1. The molecule has 0 bridgehead atoms. The van der Waals surface area contributed by atoms with E-state index in [4.69, 9.17) is 11.6 Å². The largest absolute Gasteiger partial charge is 0.344 e. The molecule has 0 spiro atoms. The van der Waals surface area contributed by atoms with Crippen LogP contribution in [0.5, 0.6) is 0 Å². The molecule has 1 saturated heterocycles. The molecule has 0 saturated carbocycles. The number of rotatable bonds is 5. The van der Waals surface area contributed by atoms with Gasteiger partial charge in [0.2, 0.25) is 5.91 Å². The van der Waals surface area contributed by atoms with Gasteiger partial charge in [-0.3, -0.25) is 15.0 Å². The Kier molecular flexibility index (Phi) is 4.90. The highest BCUT2D eigenvalue weighted by atomic mass is 35.5. The number of hydrogen-bond donors (Lipinski definition) is 2. The smallest absolute Gasteiger partial charge is 0.322 e. The Bertz CT molecular complexity index is 872. The van der Waals surface area contributed by atoms with Crippen molar-refractivity contribution >= 4 is 62.8 Å². The van der Waals surface area contributed by atoms with Gasteiger partial charge in [-0.15, -0.1) is 11.3 Å². The second kappa shape index (κ2) is 6.81. The van der Waals surface area contributed by atoms with Crippen LogP contribution in [0.4, 0.5) is 4.79 Å². The van der Waals surface area contributed by atoms with E-state index < -0.39 is 23.4 Å². The molecule has 1 aromatic carbocycles. The van der Waals surface area contributed by atoms with Crippen molar-refractivity contribution < 1.29 is 14.4 Å². The minimum absolute atomic E-state index is 0.0352. The summed E-state index contributed by atoms with van der Waals surface area (Å²) < 4.78 is 1.68. The van der Waals surface area contributed by atoms with E-state index in [0.29, 0.717) is 15.8 Å². The SMILES string of the molecule is CCC1(C)NC(=O)N(NC(=O)CSc2nc3cc(Cl)ccc3s2)C1=O. The second-order valence-corrected chi connectivity index (χ2v) is 8.36. The lowest BCUT2D eigenvalue weighted by atomic mass is 10.00. The predicted molar refractivity (Wildman–Crippen MR) is 97.6 cm³/mol. The van der Waals surface area contributed by atoms with Gasteiger partial charge in [-0.1, -0.05) is 30.3 Å². The Hall–Kier alpha value is -1.84. The molecule has 2 aromatic rings. The summed E-state index contributed by atoms with van der Waals surface area (Å²) in [4.78, 5) is 40.6. The van der Waals surface area contributed by atoms with Crippen molar-refractivity contribution in [2.45, 2.75) is 30.1 Å². The minimum atomic E-state index is -0.982. The summed E-state index contributed by atoms with van der Waals surface area (Å²) in [6.07, 6.45) is 0.437. The van der Waals surface area contributed by atoms with Crippen LogP contribution in [0.15, 0.2) is 22.5 Å². The Morgan fingerprint density at radius 2 is 2.24 bits per heavy atom. The molecule has 25 heavy (non-hydrogen) atoms. The van der Waals surface area contributed by atoms with E-state index >= 15 is 0 Å². The number of halogens is 1. The number of amides is 4. The Morgan fingerprint density at radius 1 is 1.48 bits per heavy atom. The fourth-order valence-corrected chi connectivity index (χ4v) is 4.26. The third kappa shape index (κ3) is 3.58. The van der Waals surface area contributed by atoms with Crippen LogP contribution in [0.2, 0.25) is 5.02 Å². The number of carbonyl (C=O) groups excluding carboxylic acids is 3. The molecule has 2 heterocycles. The number of aromatic nitrogens is 1. The summed E-state index contributed by atoms with van der Waals surface area (Å²) in [5.74, 6) is -0.882. The molecule has 1 aromatic heterocycles. The van der Waals surface area contributed by atoms with Crippen molar-refractivity contribution in [3.05, 3.63) is 23.2 Å². The van der Waals surface area contributed by atoms with Gasteiger partial charge in [0.05, 0.1) is 16.0 Å². The summed E-state index contributed by atoms with van der Waals surface area (Å²) >= 11 is 8.61. The Labute approximate surface area is 157 Å². The normalized spacial score (nSPS) is 20.2. The van der Waals surface area contributed by atoms with E-state index in [-0.39, 0.29) is 5.75 Å². The van der Waals surface area contributed by atoms with Crippen LogP contribution in [0.1, 0.15) is 20.3 Å². The zero-order valence-electron chi connectivity index (χ0n) is 13.5. The fourth-order valence-electron chi connectivity index (χ4n) is 2.25. The quantitative estimate of drug-likeness (QED) is 0.597. The van der Waals surface area contributed by atoms with E-state index in [1.165, 1.54) is 23.1 Å². The number of urea groups is 1. The molecule has 1 aliphatic heterocycles. The molecule has 1 atom stereocenters. The van der Waals surface area contributed by atoms with Gasteiger partial charge in [-0.05, 0) is 31.5 Å². The number of carbonyl (C=O) groups is 3. The van der Waals surface area contributed by atoms with Crippen LogP contribution < -0.4 is 10.7 Å². The van der Waals surface area contributed by atoms with Crippen molar-refractivity contribution in [3.63, 3.8) is 0 Å². The van der Waals surface area contributed by atoms with Gasteiger partial charge in [0.15, 0.2) is 4.34 Å². The highest BCUT2D eigenvalue weighted by molar-refractivity contribution is 8.01. The number of hydrazine groups is 1. The molecule has 0 radical (unpaired) electrons. The van der Waals surface area contributed by atoms with Gasteiger partial charge >= 0.3 is 6.03 Å². The van der Waals surface area contributed by atoms with Crippen LogP contribution in [0.3, 0.4) is 0 Å². The van der Waals surface area contributed by atoms with Gasteiger partial charge in [0.1, 0.15) is 5.54 Å². The summed E-state index contributed by atoms with van der Waals surface area (Å²) in [6, 6.07) is 4.79. The maximum atomic E-state index is 12.2. The highest BCUT2D eigenvalue weighted by Crippen LogP contribution is 2.31. The van der Waals surface area contributed by atoms with Crippen LogP contribution in [-0.2, 0) is 9.59 Å². The summed E-state index contributed by atoms with van der Waals surface area (Å²) in [6.45, 7) is 3.42. The van der Waals surface area contributed by atoms with Crippen molar-refractivity contribution in [1.82, 2.24) is 20.7 Å². The molecule has 132 valence electrons. The molecule has 1 unspecified atom stereocenters. The molecule has 3 rings (SSSR count). The van der Waals surface area contributed by atoms with Crippen molar-refractivity contribution in [1.29, 1.82) is 0 Å². The lowest BCUT2D eigenvalue weighted by Gasteiger charge is -2.19. The topological polar surface area (TPSA) is 91.4 Å². The maximum absolute atomic E-state index is 12.2. The van der Waals surface area contributed by atoms with Crippen LogP contribution >= 0.6 is 34.7 Å². The molecular weight excluding hydrogens is 384 g/mol. The van der Waals surface area contributed by atoms with E-state index in [9.17, 15) is 14.4 Å². The van der Waals surface area contributed by atoms with Gasteiger partial charge < -0.3 is 5.32 Å². The number of nitrogens with zero attached hydrogens (tertiary/aromatic N) is 2. The highest BCUT2D eigenvalue weighted by Gasteiger charge is 2.47. The lowest BCUT2D eigenvalue weighted by Crippen LogP contribution is -2.49. The molecule has 4 amide bonds. The number of hydrogen-bond acceptors (Lipinski definition) is 6. The molecule has 0 aliphatic carbocycles. The van der Waals surface area contributed by atoms with Crippen molar-refractivity contribution in [2.75, 3.05) is 5.75 Å².